The van der Waals surface area contributed by atoms with Crippen LogP contribution in [0.25, 0.3) is 0 Å². The summed E-state index contributed by atoms with van der Waals surface area (Å²) in [5, 5.41) is 12.0. The number of hydrogen-bond acceptors (Lipinski definition) is 4. The second-order valence-corrected chi connectivity index (χ2v) is 2.05. The van der Waals surface area contributed by atoms with Crippen LogP contribution in [-0.4, -0.2) is 12.6 Å². The predicted octanol–water partition coefficient (Wildman–Crippen LogP) is 1.77. The van der Waals surface area contributed by atoms with Crippen LogP contribution in [0, 0.1) is 10.8 Å². The quantitative estimate of drug-likeness (QED) is 0.355. The minimum Gasteiger partial charge on any atom is -0.466 e. The van der Waals surface area contributed by atoms with Crippen molar-refractivity contribution in [2.45, 2.75) is 33.1 Å². The van der Waals surface area contributed by atoms with E-state index in [1.165, 1.54) is 13.3 Å². The van der Waals surface area contributed by atoms with E-state index in [4.69, 9.17) is 15.5 Å². The molecule has 0 saturated carbocycles. The van der Waals surface area contributed by atoms with Crippen LogP contribution >= 0.6 is 0 Å². The van der Waals surface area contributed by atoms with Crippen molar-refractivity contribution in [2.24, 2.45) is 0 Å². The molecule has 0 unspecified atom stereocenters. The van der Waals surface area contributed by atoms with Gasteiger partial charge >= 0.3 is 5.97 Å². The van der Waals surface area contributed by atoms with Crippen molar-refractivity contribution in [1.29, 1.82) is 10.8 Å². The Morgan fingerprint density at radius 2 is 1.91 bits per heavy atom. The van der Waals surface area contributed by atoms with Gasteiger partial charge in [-0.3, -0.25) is 4.79 Å². The molecule has 0 bridgehead atoms. The van der Waals surface area contributed by atoms with Crippen LogP contribution in [0.4, 0.5) is 0 Å². The molecule has 64 valence electrons. The highest BCUT2D eigenvalue weighted by molar-refractivity contribution is 5.65. The molecule has 0 aromatic rings. The van der Waals surface area contributed by atoms with E-state index < -0.39 is 0 Å². The second kappa shape index (κ2) is 11.7. The van der Waals surface area contributed by atoms with E-state index in [1.807, 2.05) is 0 Å². The lowest BCUT2D eigenvalue weighted by molar-refractivity contribution is -0.141. The van der Waals surface area contributed by atoms with Gasteiger partial charge in [0.05, 0.1) is 6.61 Å². The first kappa shape index (κ1) is 12.6. The molecule has 0 heterocycles. The summed E-state index contributed by atoms with van der Waals surface area (Å²) in [6, 6.07) is 0. The molecule has 0 N–H and O–H groups in total. The van der Waals surface area contributed by atoms with Gasteiger partial charge in [0.1, 0.15) is 0 Å². The van der Waals surface area contributed by atoms with E-state index in [9.17, 15) is 4.79 Å². The summed E-state index contributed by atoms with van der Waals surface area (Å²) >= 11 is 0. The lowest BCUT2D eigenvalue weighted by Gasteiger charge is -1.98. The van der Waals surface area contributed by atoms with Crippen molar-refractivity contribution in [3.05, 3.63) is 0 Å². The topological polar surface area (TPSA) is 73.9 Å². The Hall–Kier alpha value is -1.11. The molecule has 0 aliphatic carbocycles. The summed E-state index contributed by atoms with van der Waals surface area (Å²) in [4.78, 5) is 10.2. The zero-order valence-electron chi connectivity index (χ0n) is 7.04. The molecule has 4 heteroatoms. The molecule has 4 nitrogen and oxygen atoms in total. The van der Waals surface area contributed by atoms with E-state index in [-0.39, 0.29) is 5.97 Å². The second-order valence-electron chi connectivity index (χ2n) is 2.05. The number of esters is 1. The number of ether oxygens (including phenoxy) is 1. The Kier molecular flexibility index (Phi) is 13.3. The van der Waals surface area contributed by atoms with Crippen LogP contribution < -0.4 is 0 Å². The number of carbonyl (C=O) groups excluding carboxylic acids is 1. The zero-order valence-corrected chi connectivity index (χ0v) is 7.04. The Labute approximate surface area is 67.0 Å². The lowest BCUT2D eigenvalue weighted by atomic mass is 10.3. The van der Waals surface area contributed by atoms with Crippen LogP contribution in [0.5, 0.6) is 0 Å². The van der Waals surface area contributed by atoms with Crippen LogP contribution in [0.15, 0.2) is 0 Å². The molecule has 0 aliphatic heterocycles. The fourth-order valence-electron chi connectivity index (χ4n) is 0.568. The van der Waals surface area contributed by atoms with E-state index in [2.05, 4.69) is 6.92 Å². The third-order valence-electron chi connectivity index (χ3n) is 1.05. The number of carbonyl (C=O) groups is 1. The SMILES string of the molecule is CCCCCOC(C)=O.N#N. The summed E-state index contributed by atoms with van der Waals surface area (Å²) < 4.78 is 4.70. The highest BCUT2D eigenvalue weighted by Gasteiger charge is 1.89. The smallest absolute Gasteiger partial charge is 0.302 e. The molecule has 0 aromatic heterocycles. The van der Waals surface area contributed by atoms with Gasteiger partial charge in [-0.2, -0.15) is 0 Å². The molecule has 0 rings (SSSR count). The third kappa shape index (κ3) is 17.6. The van der Waals surface area contributed by atoms with Gasteiger partial charge in [-0.25, -0.2) is 0 Å². The Bertz CT molecular complexity index is 112. The van der Waals surface area contributed by atoms with Gasteiger partial charge in [0.2, 0.25) is 0 Å². The summed E-state index contributed by atoms with van der Waals surface area (Å²) in [6.45, 7) is 4.14. The normalized spacial score (nSPS) is 7.64. The summed E-state index contributed by atoms with van der Waals surface area (Å²) in [5.41, 5.74) is 0. The van der Waals surface area contributed by atoms with Gasteiger partial charge in [-0.15, -0.1) is 0 Å². The summed E-state index contributed by atoms with van der Waals surface area (Å²) in [7, 11) is 0. The number of unbranched alkanes of at least 4 members (excludes halogenated alkanes) is 2. The van der Waals surface area contributed by atoms with Gasteiger partial charge < -0.3 is 4.74 Å². The summed E-state index contributed by atoms with van der Waals surface area (Å²) in [6.07, 6.45) is 3.31. The largest absolute Gasteiger partial charge is 0.466 e. The molecule has 0 amide bonds. The van der Waals surface area contributed by atoms with E-state index in [0.29, 0.717) is 6.61 Å². The van der Waals surface area contributed by atoms with Gasteiger partial charge in [0.25, 0.3) is 0 Å². The maximum atomic E-state index is 10.2. The number of rotatable bonds is 4. The maximum absolute atomic E-state index is 10.2. The molecule has 0 atom stereocenters. The van der Waals surface area contributed by atoms with Crippen molar-refractivity contribution >= 4 is 5.97 Å². The molecule has 0 fully saturated rings. The Morgan fingerprint density at radius 3 is 2.27 bits per heavy atom. The van der Waals surface area contributed by atoms with E-state index in [0.717, 1.165) is 12.8 Å². The van der Waals surface area contributed by atoms with E-state index in [1.54, 1.807) is 0 Å². The molecule has 0 spiro atoms. The standard InChI is InChI=1S/C7H14O2.N2/c1-3-4-5-6-9-7(2)8;1-2/h3-6H2,1-2H3;. The molecular formula is C7H14N2O2. The van der Waals surface area contributed by atoms with Crippen LogP contribution in [0.2, 0.25) is 0 Å². The average Bonchev–Trinajstić information content (AvgIpc) is 2.02. The Balaban J connectivity index is 0. The molecule has 11 heavy (non-hydrogen) atoms. The molecule has 0 aliphatic rings. The summed E-state index contributed by atoms with van der Waals surface area (Å²) in [5.74, 6) is -0.175. The van der Waals surface area contributed by atoms with Crippen molar-refractivity contribution in [3.8, 4) is 0 Å². The highest BCUT2D eigenvalue weighted by Crippen LogP contribution is 1.93. The first-order valence-electron chi connectivity index (χ1n) is 3.60. The van der Waals surface area contributed by atoms with Crippen molar-refractivity contribution in [3.63, 3.8) is 0 Å². The first-order valence-corrected chi connectivity index (χ1v) is 3.60. The lowest BCUT2D eigenvalue weighted by Crippen LogP contribution is -1.99. The fourth-order valence-corrected chi connectivity index (χ4v) is 0.568. The van der Waals surface area contributed by atoms with Gasteiger partial charge in [0, 0.05) is 17.7 Å². The van der Waals surface area contributed by atoms with Gasteiger partial charge in [0.15, 0.2) is 0 Å². The third-order valence-corrected chi connectivity index (χ3v) is 1.05. The van der Waals surface area contributed by atoms with Crippen molar-refractivity contribution in [1.82, 2.24) is 0 Å². The van der Waals surface area contributed by atoms with Crippen molar-refractivity contribution < 1.29 is 9.53 Å². The number of nitrogens with zero attached hydrogens (tertiary/aromatic N) is 2. The minimum absolute atomic E-state index is 0.175. The van der Waals surface area contributed by atoms with Gasteiger partial charge in [-0.05, 0) is 6.42 Å². The molecular weight excluding hydrogens is 144 g/mol. The molecule has 0 radical (unpaired) electrons. The van der Waals surface area contributed by atoms with E-state index >= 15 is 0 Å². The highest BCUT2D eigenvalue weighted by atomic mass is 16.5. The first-order chi connectivity index (χ1) is 5.27. The predicted molar refractivity (Wildman–Crippen MR) is 39.6 cm³/mol. The molecule has 0 saturated heterocycles. The van der Waals surface area contributed by atoms with Crippen LogP contribution in [-0.2, 0) is 9.53 Å². The average molecular weight is 158 g/mol. The minimum atomic E-state index is -0.175. The van der Waals surface area contributed by atoms with Crippen LogP contribution in [0.3, 0.4) is 0 Å². The fraction of sp³-hybridized carbons (Fsp3) is 0.857. The zero-order chi connectivity index (χ0) is 9.11. The Morgan fingerprint density at radius 1 is 1.36 bits per heavy atom. The van der Waals surface area contributed by atoms with Crippen molar-refractivity contribution in [2.75, 3.05) is 6.61 Å². The molecule has 0 aromatic carbocycles. The van der Waals surface area contributed by atoms with Crippen LogP contribution in [0.1, 0.15) is 33.1 Å². The monoisotopic (exact) mass is 158 g/mol. The number of hydrogen-bond donors (Lipinski definition) is 0. The van der Waals surface area contributed by atoms with Gasteiger partial charge in [-0.1, -0.05) is 19.8 Å². The maximum Gasteiger partial charge on any atom is 0.302 e.